The zero-order valence-electron chi connectivity index (χ0n) is 12.7. The third-order valence-corrected chi connectivity index (χ3v) is 6.89. The first-order valence-corrected chi connectivity index (χ1v) is 10.5. The van der Waals surface area contributed by atoms with Crippen LogP contribution in [0.25, 0.3) is 0 Å². The summed E-state index contributed by atoms with van der Waals surface area (Å²) >= 11 is 1.89. The fourth-order valence-corrected chi connectivity index (χ4v) is 5.84. The van der Waals surface area contributed by atoms with Crippen molar-refractivity contribution in [2.45, 2.75) is 19.4 Å². The predicted molar refractivity (Wildman–Crippen MR) is 91.5 cm³/mol. The molecule has 0 spiro atoms. The summed E-state index contributed by atoms with van der Waals surface area (Å²) in [5, 5.41) is 0. The molecule has 21 heavy (non-hydrogen) atoms. The highest BCUT2D eigenvalue weighted by Gasteiger charge is 2.24. The SMILES string of the molecule is CN(CCSCC1CCCS(=O)(=O)C1)Cc1ccccc1. The van der Waals surface area contributed by atoms with Gasteiger partial charge in [-0.05, 0) is 37.1 Å². The Morgan fingerprint density at radius 1 is 1.29 bits per heavy atom. The Labute approximate surface area is 133 Å². The summed E-state index contributed by atoms with van der Waals surface area (Å²) in [4.78, 5) is 2.32. The Balaban J connectivity index is 1.61. The van der Waals surface area contributed by atoms with E-state index in [-0.39, 0.29) is 0 Å². The maximum Gasteiger partial charge on any atom is 0.150 e. The van der Waals surface area contributed by atoms with Crippen molar-refractivity contribution in [1.29, 1.82) is 0 Å². The molecule has 0 saturated carbocycles. The predicted octanol–water partition coefficient (Wildman–Crippen LogP) is 2.68. The van der Waals surface area contributed by atoms with Crippen molar-refractivity contribution in [1.82, 2.24) is 4.90 Å². The van der Waals surface area contributed by atoms with Crippen molar-refractivity contribution in [2.24, 2.45) is 5.92 Å². The number of hydrogen-bond acceptors (Lipinski definition) is 4. The zero-order valence-corrected chi connectivity index (χ0v) is 14.3. The molecule has 1 aliphatic rings. The smallest absolute Gasteiger partial charge is 0.150 e. The second-order valence-electron chi connectivity index (χ2n) is 5.92. The standard InChI is InChI=1S/C16H25NO2S2/c1-17(12-15-6-3-2-4-7-15)9-10-20-13-16-8-5-11-21(18,19)14-16/h2-4,6-7,16H,5,8-14H2,1H3. The van der Waals surface area contributed by atoms with E-state index in [9.17, 15) is 8.42 Å². The van der Waals surface area contributed by atoms with Gasteiger partial charge in [-0.25, -0.2) is 8.42 Å². The molecule has 5 heteroatoms. The van der Waals surface area contributed by atoms with E-state index in [1.54, 1.807) is 0 Å². The van der Waals surface area contributed by atoms with E-state index in [4.69, 9.17) is 0 Å². The second-order valence-corrected chi connectivity index (χ2v) is 9.30. The van der Waals surface area contributed by atoms with Crippen LogP contribution < -0.4 is 0 Å². The molecular weight excluding hydrogens is 302 g/mol. The molecule has 1 unspecified atom stereocenters. The van der Waals surface area contributed by atoms with E-state index in [0.717, 1.165) is 37.4 Å². The third-order valence-electron chi connectivity index (χ3n) is 3.82. The Morgan fingerprint density at radius 3 is 2.76 bits per heavy atom. The van der Waals surface area contributed by atoms with E-state index in [1.807, 2.05) is 17.8 Å². The topological polar surface area (TPSA) is 37.4 Å². The Hall–Kier alpha value is -0.520. The van der Waals surface area contributed by atoms with Crippen molar-refractivity contribution in [3.05, 3.63) is 35.9 Å². The van der Waals surface area contributed by atoms with Crippen LogP contribution in [0.15, 0.2) is 30.3 Å². The van der Waals surface area contributed by atoms with Crippen molar-refractivity contribution in [3.63, 3.8) is 0 Å². The fraction of sp³-hybridized carbons (Fsp3) is 0.625. The second kappa shape index (κ2) is 8.20. The van der Waals surface area contributed by atoms with Gasteiger partial charge in [0.25, 0.3) is 0 Å². The van der Waals surface area contributed by atoms with E-state index in [0.29, 0.717) is 17.4 Å². The number of hydrogen-bond donors (Lipinski definition) is 0. The van der Waals surface area contributed by atoms with Crippen LogP contribution >= 0.6 is 11.8 Å². The molecule has 1 fully saturated rings. The summed E-state index contributed by atoms with van der Waals surface area (Å²) in [6.07, 6.45) is 1.92. The Kier molecular flexibility index (Phi) is 6.58. The quantitative estimate of drug-likeness (QED) is 0.722. The molecular formula is C16H25NO2S2. The highest BCUT2D eigenvalue weighted by Crippen LogP contribution is 2.22. The van der Waals surface area contributed by atoms with Gasteiger partial charge < -0.3 is 4.90 Å². The molecule has 0 radical (unpaired) electrons. The molecule has 0 amide bonds. The van der Waals surface area contributed by atoms with E-state index in [2.05, 4.69) is 36.2 Å². The fourth-order valence-electron chi connectivity index (χ4n) is 2.69. The number of rotatable bonds is 7. The van der Waals surface area contributed by atoms with Gasteiger partial charge in [0.15, 0.2) is 9.84 Å². The van der Waals surface area contributed by atoms with Crippen LogP contribution in [-0.4, -0.2) is 49.9 Å². The number of sulfone groups is 1. The van der Waals surface area contributed by atoms with Crippen LogP contribution in [0.2, 0.25) is 0 Å². The van der Waals surface area contributed by atoms with Crippen LogP contribution in [0, 0.1) is 5.92 Å². The first-order chi connectivity index (χ1) is 10.1. The van der Waals surface area contributed by atoms with E-state index >= 15 is 0 Å². The average Bonchev–Trinajstić information content (AvgIpc) is 2.44. The van der Waals surface area contributed by atoms with Crippen LogP contribution in [0.5, 0.6) is 0 Å². The largest absolute Gasteiger partial charge is 0.301 e. The van der Waals surface area contributed by atoms with Crippen LogP contribution in [-0.2, 0) is 16.4 Å². The minimum Gasteiger partial charge on any atom is -0.301 e. The molecule has 3 nitrogen and oxygen atoms in total. The summed E-state index contributed by atoms with van der Waals surface area (Å²) in [6.45, 7) is 2.01. The summed E-state index contributed by atoms with van der Waals surface area (Å²) in [6, 6.07) is 10.5. The maximum atomic E-state index is 11.6. The number of benzene rings is 1. The van der Waals surface area contributed by atoms with E-state index < -0.39 is 9.84 Å². The van der Waals surface area contributed by atoms with Crippen molar-refractivity contribution >= 4 is 21.6 Å². The zero-order chi connectivity index (χ0) is 15.1. The summed E-state index contributed by atoms with van der Waals surface area (Å²) in [5.41, 5.74) is 1.34. The molecule has 0 aliphatic carbocycles. The molecule has 1 saturated heterocycles. The van der Waals surface area contributed by atoms with Gasteiger partial charge in [-0.1, -0.05) is 30.3 Å². The van der Waals surface area contributed by atoms with Gasteiger partial charge in [-0.3, -0.25) is 0 Å². The minimum absolute atomic E-state index is 0.369. The maximum absolute atomic E-state index is 11.6. The summed E-state index contributed by atoms with van der Waals surface area (Å²) in [7, 11) is -0.612. The molecule has 118 valence electrons. The first kappa shape index (κ1) is 16.8. The molecule has 0 aromatic heterocycles. The molecule has 2 rings (SSSR count). The lowest BCUT2D eigenvalue weighted by Gasteiger charge is -2.22. The highest BCUT2D eigenvalue weighted by atomic mass is 32.2. The van der Waals surface area contributed by atoms with Gasteiger partial charge >= 0.3 is 0 Å². The Bertz CT molecular complexity index is 516. The molecule has 1 aromatic rings. The third kappa shape index (κ3) is 6.41. The molecule has 1 heterocycles. The van der Waals surface area contributed by atoms with Gasteiger partial charge in [0.1, 0.15) is 0 Å². The normalized spacial score (nSPS) is 21.5. The van der Waals surface area contributed by atoms with Crippen LogP contribution in [0.3, 0.4) is 0 Å². The van der Waals surface area contributed by atoms with Crippen molar-refractivity contribution in [2.75, 3.05) is 36.6 Å². The van der Waals surface area contributed by atoms with E-state index in [1.165, 1.54) is 5.56 Å². The lowest BCUT2D eigenvalue weighted by molar-refractivity contribution is 0.348. The molecule has 0 bridgehead atoms. The van der Waals surface area contributed by atoms with Crippen LogP contribution in [0.4, 0.5) is 0 Å². The molecule has 0 N–H and O–H groups in total. The van der Waals surface area contributed by atoms with Gasteiger partial charge in [-0.15, -0.1) is 0 Å². The monoisotopic (exact) mass is 327 g/mol. The van der Waals surface area contributed by atoms with Gasteiger partial charge in [0.2, 0.25) is 0 Å². The van der Waals surface area contributed by atoms with Gasteiger partial charge in [-0.2, -0.15) is 11.8 Å². The van der Waals surface area contributed by atoms with Crippen LogP contribution in [0.1, 0.15) is 18.4 Å². The molecule has 1 aromatic carbocycles. The van der Waals surface area contributed by atoms with Gasteiger partial charge in [0.05, 0.1) is 11.5 Å². The van der Waals surface area contributed by atoms with Gasteiger partial charge in [0, 0.05) is 18.8 Å². The molecule has 1 aliphatic heterocycles. The number of thioether (sulfide) groups is 1. The van der Waals surface area contributed by atoms with Crippen molar-refractivity contribution in [3.8, 4) is 0 Å². The first-order valence-electron chi connectivity index (χ1n) is 7.56. The minimum atomic E-state index is -2.75. The Morgan fingerprint density at radius 2 is 2.05 bits per heavy atom. The summed E-state index contributed by atoms with van der Waals surface area (Å²) < 4.78 is 23.2. The number of nitrogens with zero attached hydrogens (tertiary/aromatic N) is 1. The lowest BCUT2D eigenvalue weighted by Crippen LogP contribution is -2.27. The van der Waals surface area contributed by atoms with Crippen molar-refractivity contribution < 1.29 is 8.42 Å². The average molecular weight is 328 g/mol. The molecule has 1 atom stereocenters. The summed E-state index contributed by atoms with van der Waals surface area (Å²) in [5.74, 6) is 3.22. The highest BCUT2D eigenvalue weighted by molar-refractivity contribution is 7.99. The lowest BCUT2D eigenvalue weighted by atomic mass is 10.1.